The van der Waals surface area contributed by atoms with Crippen LogP contribution in [0.1, 0.15) is 26.5 Å². The lowest BCUT2D eigenvalue weighted by atomic mass is 10.3. The van der Waals surface area contributed by atoms with Gasteiger partial charge >= 0.3 is 0 Å². The van der Waals surface area contributed by atoms with E-state index in [1.165, 1.54) is 0 Å². The van der Waals surface area contributed by atoms with E-state index in [2.05, 4.69) is 9.98 Å². The van der Waals surface area contributed by atoms with Crippen molar-refractivity contribution in [2.24, 2.45) is 4.99 Å². The van der Waals surface area contributed by atoms with Crippen molar-refractivity contribution in [2.75, 3.05) is 19.8 Å². The zero-order valence-corrected chi connectivity index (χ0v) is 10.2. The molecule has 1 aromatic rings. The number of rotatable bonds is 7. The second kappa shape index (κ2) is 7.19. The summed E-state index contributed by atoms with van der Waals surface area (Å²) in [5.41, 5.74) is 2.00. The summed E-state index contributed by atoms with van der Waals surface area (Å²) in [5, 5.41) is 0. The summed E-state index contributed by atoms with van der Waals surface area (Å²) in [6.45, 7) is 7.69. The molecular formula is C12H20N2O2. The van der Waals surface area contributed by atoms with E-state index in [0.717, 1.165) is 11.4 Å². The van der Waals surface area contributed by atoms with Crippen LogP contribution in [0.25, 0.3) is 0 Å². The van der Waals surface area contributed by atoms with Gasteiger partial charge in [0.25, 0.3) is 0 Å². The van der Waals surface area contributed by atoms with Gasteiger partial charge in [-0.2, -0.15) is 0 Å². The Morgan fingerprint density at radius 3 is 2.56 bits per heavy atom. The Morgan fingerprint density at radius 2 is 2.06 bits per heavy atom. The summed E-state index contributed by atoms with van der Waals surface area (Å²) >= 11 is 0. The van der Waals surface area contributed by atoms with Gasteiger partial charge in [-0.05, 0) is 32.9 Å². The highest BCUT2D eigenvalue weighted by Gasteiger charge is 2.06. The molecule has 0 aliphatic carbocycles. The van der Waals surface area contributed by atoms with Crippen molar-refractivity contribution >= 4 is 5.71 Å². The van der Waals surface area contributed by atoms with Crippen molar-refractivity contribution in [3.63, 3.8) is 0 Å². The highest BCUT2D eigenvalue weighted by Crippen LogP contribution is 2.01. The third-order valence-corrected chi connectivity index (χ3v) is 2.17. The second-order valence-corrected chi connectivity index (χ2v) is 3.35. The molecule has 0 amide bonds. The number of aliphatic imine (C=N–C) groups is 1. The van der Waals surface area contributed by atoms with Gasteiger partial charge in [-0.25, -0.2) is 0 Å². The number of aromatic amines is 1. The molecule has 0 unspecified atom stereocenters. The minimum Gasteiger partial charge on any atom is -0.360 e. The highest BCUT2D eigenvalue weighted by molar-refractivity contribution is 5.96. The predicted octanol–water partition coefficient (Wildman–Crippen LogP) is 2.22. The van der Waals surface area contributed by atoms with Gasteiger partial charge in [-0.1, -0.05) is 0 Å². The number of hydrogen-bond acceptors (Lipinski definition) is 3. The van der Waals surface area contributed by atoms with E-state index in [1.54, 1.807) is 0 Å². The smallest absolute Gasteiger partial charge is 0.176 e. The van der Waals surface area contributed by atoms with Crippen molar-refractivity contribution in [3.05, 3.63) is 24.0 Å². The molecule has 16 heavy (non-hydrogen) atoms. The lowest BCUT2D eigenvalue weighted by Crippen LogP contribution is -2.21. The van der Waals surface area contributed by atoms with Crippen molar-refractivity contribution in [1.82, 2.24) is 4.98 Å². The number of nitrogens with one attached hydrogen (secondary N) is 1. The van der Waals surface area contributed by atoms with Gasteiger partial charge in [0.05, 0.1) is 18.0 Å². The van der Waals surface area contributed by atoms with Crippen LogP contribution in [-0.2, 0) is 9.47 Å². The fourth-order valence-electron chi connectivity index (χ4n) is 1.38. The Balaban J connectivity index is 2.49. The molecule has 90 valence electrons. The van der Waals surface area contributed by atoms with Crippen molar-refractivity contribution in [1.29, 1.82) is 0 Å². The standard InChI is InChI=1S/C12H20N2O2/c1-4-15-12(16-5-2)9-14-10(3)11-7-6-8-13-11/h6-8,12-13H,4-5,9H2,1-3H3. The molecule has 0 aliphatic rings. The minimum absolute atomic E-state index is 0.236. The summed E-state index contributed by atoms with van der Waals surface area (Å²) in [5.74, 6) is 0. The molecule has 0 aliphatic heterocycles. The SMILES string of the molecule is CCOC(CN=C(C)c1ccc[nH]1)OCC. The van der Waals surface area contributed by atoms with Crippen LogP contribution in [0.3, 0.4) is 0 Å². The molecule has 0 aromatic carbocycles. The fraction of sp³-hybridized carbons (Fsp3) is 0.583. The maximum atomic E-state index is 5.41. The first-order valence-electron chi connectivity index (χ1n) is 5.66. The molecule has 1 heterocycles. The molecule has 1 N–H and O–H groups in total. The van der Waals surface area contributed by atoms with Gasteiger partial charge in [0, 0.05) is 19.4 Å². The number of aromatic nitrogens is 1. The fourth-order valence-corrected chi connectivity index (χ4v) is 1.38. The Labute approximate surface area is 96.7 Å². The van der Waals surface area contributed by atoms with Gasteiger partial charge < -0.3 is 14.5 Å². The predicted molar refractivity (Wildman–Crippen MR) is 64.9 cm³/mol. The van der Waals surface area contributed by atoms with Crippen molar-refractivity contribution in [2.45, 2.75) is 27.1 Å². The van der Waals surface area contributed by atoms with Crippen molar-refractivity contribution < 1.29 is 9.47 Å². The molecule has 0 bridgehead atoms. The Kier molecular flexibility index (Phi) is 5.82. The maximum absolute atomic E-state index is 5.41. The lowest BCUT2D eigenvalue weighted by Gasteiger charge is -2.14. The molecule has 4 heteroatoms. The monoisotopic (exact) mass is 224 g/mol. The van der Waals surface area contributed by atoms with E-state index in [-0.39, 0.29) is 6.29 Å². The van der Waals surface area contributed by atoms with E-state index in [4.69, 9.17) is 9.47 Å². The van der Waals surface area contributed by atoms with E-state index < -0.39 is 0 Å². The van der Waals surface area contributed by atoms with Crippen LogP contribution >= 0.6 is 0 Å². The largest absolute Gasteiger partial charge is 0.360 e. The Bertz CT molecular complexity index is 301. The molecule has 0 spiro atoms. The molecule has 4 nitrogen and oxygen atoms in total. The van der Waals surface area contributed by atoms with E-state index in [9.17, 15) is 0 Å². The molecule has 0 atom stereocenters. The molecule has 1 aromatic heterocycles. The third kappa shape index (κ3) is 4.16. The quantitative estimate of drug-likeness (QED) is 0.570. The first-order chi connectivity index (χ1) is 7.77. The summed E-state index contributed by atoms with van der Waals surface area (Å²) in [4.78, 5) is 7.55. The van der Waals surface area contributed by atoms with Crippen LogP contribution in [0.15, 0.2) is 23.3 Å². The van der Waals surface area contributed by atoms with Gasteiger partial charge in [-0.15, -0.1) is 0 Å². The molecular weight excluding hydrogens is 204 g/mol. The summed E-state index contributed by atoms with van der Waals surface area (Å²) in [6.07, 6.45) is 1.65. The molecule has 0 saturated carbocycles. The zero-order valence-electron chi connectivity index (χ0n) is 10.2. The molecule has 0 saturated heterocycles. The van der Waals surface area contributed by atoms with E-state index in [0.29, 0.717) is 19.8 Å². The lowest BCUT2D eigenvalue weighted by molar-refractivity contribution is -0.128. The van der Waals surface area contributed by atoms with Crippen LogP contribution < -0.4 is 0 Å². The Hall–Kier alpha value is -1.13. The van der Waals surface area contributed by atoms with Crippen LogP contribution in [-0.4, -0.2) is 36.7 Å². The van der Waals surface area contributed by atoms with Gasteiger partial charge in [0.15, 0.2) is 6.29 Å². The van der Waals surface area contributed by atoms with Crippen LogP contribution in [0.2, 0.25) is 0 Å². The second-order valence-electron chi connectivity index (χ2n) is 3.35. The van der Waals surface area contributed by atoms with E-state index in [1.807, 2.05) is 39.1 Å². The van der Waals surface area contributed by atoms with E-state index >= 15 is 0 Å². The molecule has 0 fully saturated rings. The summed E-state index contributed by atoms with van der Waals surface area (Å²) < 4.78 is 10.8. The van der Waals surface area contributed by atoms with Crippen LogP contribution in [0.4, 0.5) is 0 Å². The van der Waals surface area contributed by atoms with Crippen LogP contribution in [0, 0.1) is 0 Å². The molecule has 1 rings (SSSR count). The average molecular weight is 224 g/mol. The van der Waals surface area contributed by atoms with Crippen molar-refractivity contribution in [3.8, 4) is 0 Å². The van der Waals surface area contributed by atoms with Gasteiger partial charge in [-0.3, -0.25) is 4.99 Å². The van der Waals surface area contributed by atoms with Gasteiger partial charge in [0.1, 0.15) is 0 Å². The number of ether oxygens (including phenoxy) is 2. The van der Waals surface area contributed by atoms with Gasteiger partial charge in [0.2, 0.25) is 0 Å². The number of H-pyrrole nitrogens is 1. The zero-order chi connectivity index (χ0) is 11.8. The maximum Gasteiger partial charge on any atom is 0.176 e. The summed E-state index contributed by atoms with van der Waals surface area (Å²) in [6, 6.07) is 3.95. The minimum atomic E-state index is -0.236. The average Bonchev–Trinajstić information content (AvgIpc) is 2.79. The Morgan fingerprint density at radius 1 is 1.38 bits per heavy atom. The first kappa shape index (κ1) is 12.9. The normalized spacial score (nSPS) is 12.4. The topological polar surface area (TPSA) is 46.6 Å². The number of hydrogen-bond donors (Lipinski definition) is 1. The summed E-state index contributed by atoms with van der Waals surface area (Å²) in [7, 11) is 0. The number of nitrogens with zero attached hydrogens (tertiary/aromatic N) is 1. The highest BCUT2D eigenvalue weighted by atomic mass is 16.7. The van der Waals surface area contributed by atoms with Crippen LogP contribution in [0.5, 0.6) is 0 Å². The first-order valence-corrected chi connectivity index (χ1v) is 5.66. The molecule has 0 radical (unpaired) electrons. The third-order valence-electron chi connectivity index (χ3n) is 2.17.